The third-order valence-corrected chi connectivity index (χ3v) is 2.24. The Balaban J connectivity index is 2.46. The van der Waals surface area contributed by atoms with E-state index in [4.69, 9.17) is 9.52 Å². The lowest BCUT2D eigenvalue weighted by atomic mass is 10.1. The lowest BCUT2D eigenvalue weighted by Crippen LogP contribution is -1.97. The van der Waals surface area contributed by atoms with Crippen LogP contribution in [0.2, 0.25) is 0 Å². The van der Waals surface area contributed by atoms with Gasteiger partial charge < -0.3 is 9.52 Å². The van der Waals surface area contributed by atoms with E-state index in [1.807, 2.05) is 6.92 Å². The van der Waals surface area contributed by atoms with Crippen molar-refractivity contribution in [1.82, 2.24) is 9.78 Å². The summed E-state index contributed by atoms with van der Waals surface area (Å²) in [5.74, 6) is -0.974. The first-order valence-electron chi connectivity index (χ1n) is 5.05. The van der Waals surface area contributed by atoms with E-state index >= 15 is 0 Å². The third kappa shape index (κ3) is 1.84. The number of rotatable bonds is 4. The van der Waals surface area contributed by atoms with E-state index in [1.54, 1.807) is 16.9 Å². The minimum Gasteiger partial charge on any atom is -0.478 e. The van der Waals surface area contributed by atoms with Crippen LogP contribution in [0.3, 0.4) is 0 Å². The molecule has 0 aromatic carbocycles. The van der Waals surface area contributed by atoms with Crippen LogP contribution >= 0.6 is 0 Å². The second-order valence-electron chi connectivity index (χ2n) is 3.47. The molecule has 0 aliphatic rings. The average molecular weight is 220 g/mol. The summed E-state index contributed by atoms with van der Waals surface area (Å²) in [5.41, 5.74) is 1.34. The summed E-state index contributed by atoms with van der Waals surface area (Å²) < 4.78 is 6.58. The SMILES string of the molecule is CCCn1cc(C(=O)O)c(-c2ccoc2)n1. The molecule has 0 aliphatic carbocycles. The quantitative estimate of drug-likeness (QED) is 0.858. The van der Waals surface area contributed by atoms with Gasteiger partial charge in [-0.25, -0.2) is 4.79 Å². The van der Waals surface area contributed by atoms with Crippen molar-refractivity contribution in [2.24, 2.45) is 0 Å². The van der Waals surface area contributed by atoms with E-state index in [-0.39, 0.29) is 5.56 Å². The molecule has 0 aliphatic heterocycles. The maximum atomic E-state index is 11.1. The average Bonchev–Trinajstić information content (AvgIpc) is 2.83. The number of carboxylic acid groups (broad SMARTS) is 1. The molecule has 0 saturated heterocycles. The fourth-order valence-electron chi connectivity index (χ4n) is 1.53. The number of carboxylic acids is 1. The topological polar surface area (TPSA) is 68.3 Å². The number of aromatic nitrogens is 2. The van der Waals surface area contributed by atoms with Crippen LogP contribution in [-0.2, 0) is 6.54 Å². The van der Waals surface area contributed by atoms with Crippen LogP contribution < -0.4 is 0 Å². The van der Waals surface area contributed by atoms with Crippen molar-refractivity contribution in [3.63, 3.8) is 0 Å². The lowest BCUT2D eigenvalue weighted by molar-refractivity contribution is 0.0697. The standard InChI is InChI=1S/C11H12N2O3/c1-2-4-13-6-9(11(14)15)10(12-13)8-3-5-16-7-8/h3,5-7H,2,4H2,1H3,(H,14,15). The Kier molecular flexibility index (Phi) is 2.76. The van der Waals surface area contributed by atoms with Gasteiger partial charge in [-0.2, -0.15) is 5.10 Å². The Hall–Kier alpha value is -2.04. The number of nitrogens with zero attached hydrogens (tertiary/aromatic N) is 2. The summed E-state index contributed by atoms with van der Waals surface area (Å²) in [6.45, 7) is 2.72. The van der Waals surface area contributed by atoms with Crippen LogP contribution in [0.25, 0.3) is 11.3 Å². The van der Waals surface area contributed by atoms with Crippen LogP contribution in [0.15, 0.2) is 29.2 Å². The van der Waals surface area contributed by atoms with Gasteiger partial charge >= 0.3 is 5.97 Å². The molecule has 84 valence electrons. The summed E-state index contributed by atoms with van der Waals surface area (Å²) in [6.07, 6.45) is 5.45. The van der Waals surface area contributed by atoms with E-state index in [2.05, 4.69) is 5.10 Å². The maximum Gasteiger partial charge on any atom is 0.339 e. The molecule has 0 unspecified atom stereocenters. The highest BCUT2D eigenvalue weighted by atomic mass is 16.4. The molecule has 0 spiro atoms. The lowest BCUT2D eigenvalue weighted by Gasteiger charge is -1.94. The molecular formula is C11H12N2O3. The summed E-state index contributed by atoms with van der Waals surface area (Å²) in [5, 5.41) is 13.3. The second-order valence-corrected chi connectivity index (χ2v) is 3.47. The molecule has 0 bridgehead atoms. The second kappa shape index (κ2) is 4.22. The minimum absolute atomic E-state index is 0.204. The molecule has 2 aromatic rings. The number of aromatic carboxylic acids is 1. The van der Waals surface area contributed by atoms with Gasteiger partial charge in [0.05, 0.1) is 12.5 Å². The van der Waals surface area contributed by atoms with Gasteiger partial charge in [0, 0.05) is 18.3 Å². The highest BCUT2D eigenvalue weighted by molar-refractivity contribution is 5.94. The Morgan fingerprint density at radius 3 is 3.00 bits per heavy atom. The molecule has 0 radical (unpaired) electrons. The molecule has 2 rings (SSSR count). The summed E-state index contributed by atoms with van der Waals surface area (Å²) in [6, 6.07) is 1.70. The Morgan fingerprint density at radius 1 is 1.62 bits per heavy atom. The minimum atomic E-state index is -0.974. The van der Waals surface area contributed by atoms with Gasteiger partial charge in [-0.15, -0.1) is 0 Å². The van der Waals surface area contributed by atoms with E-state index in [0.717, 1.165) is 6.42 Å². The van der Waals surface area contributed by atoms with Crippen LogP contribution in [-0.4, -0.2) is 20.9 Å². The largest absolute Gasteiger partial charge is 0.478 e. The van der Waals surface area contributed by atoms with Crippen molar-refractivity contribution in [1.29, 1.82) is 0 Å². The van der Waals surface area contributed by atoms with Crippen molar-refractivity contribution >= 4 is 5.97 Å². The monoisotopic (exact) mass is 220 g/mol. The van der Waals surface area contributed by atoms with Crippen LogP contribution in [0, 0.1) is 0 Å². The molecule has 5 heteroatoms. The van der Waals surface area contributed by atoms with Gasteiger partial charge in [0.1, 0.15) is 11.3 Å². The number of furan rings is 1. The molecular weight excluding hydrogens is 208 g/mol. The van der Waals surface area contributed by atoms with Crippen molar-refractivity contribution < 1.29 is 14.3 Å². The molecule has 16 heavy (non-hydrogen) atoms. The zero-order valence-electron chi connectivity index (χ0n) is 8.88. The van der Waals surface area contributed by atoms with Gasteiger partial charge in [-0.1, -0.05) is 6.92 Å². The van der Waals surface area contributed by atoms with Gasteiger partial charge in [-0.3, -0.25) is 4.68 Å². The van der Waals surface area contributed by atoms with Crippen molar-refractivity contribution in [2.45, 2.75) is 19.9 Å². The van der Waals surface area contributed by atoms with E-state index in [1.165, 1.54) is 12.5 Å². The first kappa shape index (κ1) is 10.5. The Morgan fingerprint density at radius 2 is 2.44 bits per heavy atom. The van der Waals surface area contributed by atoms with Gasteiger partial charge in [-0.05, 0) is 12.5 Å². The predicted molar refractivity (Wildman–Crippen MR) is 57.2 cm³/mol. The molecule has 2 heterocycles. The van der Waals surface area contributed by atoms with Crippen molar-refractivity contribution in [2.75, 3.05) is 0 Å². The normalized spacial score (nSPS) is 10.6. The number of carbonyl (C=O) groups is 1. The van der Waals surface area contributed by atoms with Crippen LogP contribution in [0.1, 0.15) is 23.7 Å². The van der Waals surface area contributed by atoms with E-state index in [0.29, 0.717) is 17.8 Å². The zero-order valence-corrected chi connectivity index (χ0v) is 8.88. The van der Waals surface area contributed by atoms with Crippen LogP contribution in [0.5, 0.6) is 0 Å². The molecule has 1 N–H and O–H groups in total. The van der Waals surface area contributed by atoms with E-state index < -0.39 is 5.97 Å². The summed E-state index contributed by atoms with van der Waals surface area (Å²) >= 11 is 0. The number of aryl methyl sites for hydroxylation is 1. The van der Waals surface area contributed by atoms with Crippen molar-refractivity contribution in [3.05, 3.63) is 30.4 Å². The van der Waals surface area contributed by atoms with Crippen LogP contribution in [0.4, 0.5) is 0 Å². The fraction of sp³-hybridized carbons (Fsp3) is 0.273. The smallest absolute Gasteiger partial charge is 0.339 e. The van der Waals surface area contributed by atoms with Gasteiger partial charge in [0.2, 0.25) is 0 Å². The molecule has 5 nitrogen and oxygen atoms in total. The number of hydrogen-bond acceptors (Lipinski definition) is 3. The first-order valence-corrected chi connectivity index (χ1v) is 5.05. The predicted octanol–water partition coefficient (Wildman–Crippen LogP) is 2.25. The highest BCUT2D eigenvalue weighted by Gasteiger charge is 2.17. The molecule has 0 atom stereocenters. The number of hydrogen-bond donors (Lipinski definition) is 1. The first-order chi connectivity index (χ1) is 7.72. The molecule has 2 aromatic heterocycles. The Labute approximate surface area is 92.3 Å². The van der Waals surface area contributed by atoms with Gasteiger partial charge in [0.15, 0.2) is 0 Å². The zero-order chi connectivity index (χ0) is 11.5. The summed E-state index contributed by atoms with van der Waals surface area (Å²) in [7, 11) is 0. The summed E-state index contributed by atoms with van der Waals surface area (Å²) in [4.78, 5) is 11.1. The highest BCUT2D eigenvalue weighted by Crippen LogP contribution is 2.22. The van der Waals surface area contributed by atoms with E-state index in [9.17, 15) is 4.79 Å². The van der Waals surface area contributed by atoms with Crippen molar-refractivity contribution in [3.8, 4) is 11.3 Å². The maximum absolute atomic E-state index is 11.1. The fourth-order valence-corrected chi connectivity index (χ4v) is 1.53. The molecule has 0 saturated carbocycles. The Bertz CT molecular complexity index is 485. The molecule has 0 amide bonds. The third-order valence-electron chi connectivity index (χ3n) is 2.24. The molecule has 0 fully saturated rings. The van der Waals surface area contributed by atoms with Gasteiger partial charge in [0.25, 0.3) is 0 Å².